The number of carbonyl (C=O) groups is 2. The van der Waals surface area contributed by atoms with Crippen LogP contribution in [0.5, 0.6) is 5.75 Å². The summed E-state index contributed by atoms with van der Waals surface area (Å²) in [5.74, 6) is 0.269. The maximum absolute atomic E-state index is 12.8. The lowest BCUT2D eigenvalue weighted by molar-refractivity contribution is -0.113. The van der Waals surface area contributed by atoms with E-state index in [-0.39, 0.29) is 11.1 Å². The number of amides is 2. The number of anilines is 1. The zero-order valence-corrected chi connectivity index (χ0v) is 16.8. The highest BCUT2D eigenvalue weighted by atomic mass is 35.5. The molecule has 1 fully saturated rings. The number of hydrogen-bond acceptors (Lipinski definition) is 4. The summed E-state index contributed by atoms with van der Waals surface area (Å²) in [7, 11) is 0. The minimum atomic E-state index is -0.341. The van der Waals surface area contributed by atoms with Crippen molar-refractivity contribution >= 4 is 46.3 Å². The number of thioether (sulfide) groups is 1. The van der Waals surface area contributed by atoms with Crippen LogP contribution in [0.4, 0.5) is 10.5 Å². The van der Waals surface area contributed by atoms with Gasteiger partial charge in [-0.3, -0.25) is 9.59 Å². The fraction of sp³-hybridized carbons (Fsp3) is 0.0435. The second-order valence-corrected chi connectivity index (χ2v) is 7.67. The Balaban J connectivity index is 1.58. The lowest BCUT2D eigenvalue weighted by atomic mass is 10.1. The highest BCUT2D eigenvalue weighted by molar-refractivity contribution is 8.19. The highest BCUT2D eigenvalue weighted by Crippen LogP contribution is 2.36. The number of hydrogen-bond donors (Lipinski definition) is 0. The van der Waals surface area contributed by atoms with Gasteiger partial charge >= 0.3 is 0 Å². The fourth-order valence-corrected chi connectivity index (χ4v) is 3.93. The normalized spacial score (nSPS) is 15.2. The first-order chi connectivity index (χ1) is 14.1. The number of benzene rings is 3. The third kappa shape index (κ3) is 4.21. The molecule has 2 amide bonds. The number of carbonyl (C=O) groups excluding carboxylic acids is 2. The van der Waals surface area contributed by atoms with Crippen LogP contribution in [0.3, 0.4) is 0 Å². The van der Waals surface area contributed by atoms with Crippen LogP contribution in [-0.4, -0.2) is 11.1 Å². The molecular weight excluding hydrogens is 406 g/mol. The molecule has 1 heterocycles. The van der Waals surface area contributed by atoms with Crippen LogP contribution in [0.2, 0.25) is 5.02 Å². The fourth-order valence-electron chi connectivity index (χ4n) is 2.91. The van der Waals surface area contributed by atoms with Crippen molar-refractivity contribution < 1.29 is 14.3 Å². The van der Waals surface area contributed by atoms with E-state index in [4.69, 9.17) is 16.3 Å². The lowest BCUT2D eigenvalue weighted by Gasteiger charge is -2.12. The predicted molar refractivity (Wildman–Crippen MR) is 117 cm³/mol. The minimum Gasteiger partial charge on any atom is -0.488 e. The van der Waals surface area contributed by atoms with E-state index in [1.807, 2.05) is 54.6 Å². The van der Waals surface area contributed by atoms with E-state index in [0.29, 0.717) is 28.0 Å². The molecule has 1 aliphatic heterocycles. The Labute approximate surface area is 177 Å². The van der Waals surface area contributed by atoms with Gasteiger partial charge in [-0.05, 0) is 42.1 Å². The Hall–Kier alpha value is -3.02. The van der Waals surface area contributed by atoms with Crippen molar-refractivity contribution in [2.24, 2.45) is 0 Å². The quantitative estimate of drug-likeness (QED) is 0.463. The van der Waals surface area contributed by atoms with Gasteiger partial charge in [0.2, 0.25) is 0 Å². The molecule has 6 heteroatoms. The maximum Gasteiger partial charge on any atom is 0.298 e. The summed E-state index contributed by atoms with van der Waals surface area (Å²) in [4.78, 5) is 26.8. The van der Waals surface area contributed by atoms with E-state index in [0.717, 1.165) is 22.9 Å². The predicted octanol–water partition coefficient (Wildman–Crippen LogP) is 6.16. The molecule has 4 nitrogen and oxygen atoms in total. The summed E-state index contributed by atoms with van der Waals surface area (Å²) in [6.45, 7) is 0.302. The SMILES string of the molecule is O=C1S/C(=C\c2ccccc2OCc2ccccc2Cl)C(=O)N1c1ccccc1. The third-order valence-electron chi connectivity index (χ3n) is 4.35. The van der Waals surface area contributed by atoms with E-state index >= 15 is 0 Å². The summed E-state index contributed by atoms with van der Waals surface area (Å²) in [5, 5.41) is 0.316. The Kier molecular flexibility index (Phi) is 5.69. The number of ether oxygens (including phenoxy) is 1. The molecule has 0 aromatic heterocycles. The van der Waals surface area contributed by atoms with Gasteiger partial charge in [0.05, 0.1) is 10.6 Å². The zero-order valence-electron chi connectivity index (χ0n) is 15.2. The number of para-hydroxylation sites is 2. The Bertz CT molecular complexity index is 1100. The van der Waals surface area contributed by atoms with Crippen LogP contribution in [0.1, 0.15) is 11.1 Å². The van der Waals surface area contributed by atoms with Gasteiger partial charge in [-0.1, -0.05) is 66.2 Å². The summed E-state index contributed by atoms with van der Waals surface area (Å²) < 4.78 is 5.94. The number of rotatable bonds is 5. The summed E-state index contributed by atoms with van der Waals surface area (Å²) in [6.07, 6.45) is 1.69. The van der Waals surface area contributed by atoms with Gasteiger partial charge in [0.1, 0.15) is 12.4 Å². The van der Waals surface area contributed by atoms with Gasteiger partial charge in [-0.2, -0.15) is 0 Å². The van der Waals surface area contributed by atoms with Crippen molar-refractivity contribution in [1.82, 2.24) is 0 Å². The van der Waals surface area contributed by atoms with Crippen LogP contribution in [0.15, 0.2) is 83.8 Å². The van der Waals surface area contributed by atoms with Crippen molar-refractivity contribution in [3.05, 3.63) is 99.9 Å². The van der Waals surface area contributed by atoms with Crippen LogP contribution >= 0.6 is 23.4 Å². The van der Waals surface area contributed by atoms with E-state index in [1.54, 1.807) is 30.3 Å². The minimum absolute atomic E-state index is 0.302. The summed E-state index contributed by atoms with van der Waals surface area (Å²) >= 11 is 7.11. The average Bonchev–Trinajstić information content (AvgIpc) is 3.02. The standard InChI is InChI=1S/C23H16ClNO3S/c24-19-12-6-4-9-17(19)15-28-20-13-7-5-8-16(20)14-21-22(26)25(23(27)29-21)18-10-2-1-3-11-18/h1-14H,15H2/b21-14-. The molecule has 3 aromatic rings. The van der Waals surface area contributed by atoms with E-state index in [1.165, 1.54) is 4.90 Å². The number of halogens is 1. The number of imide groups is 1. The summed E-state index contributed by atoms with van der Waals surface area (Å²) in [6, 6.07) is 23.7. The molecule has 0 spiro atoms. The Morgan fingerprint density at radius 3 is 2.38 bits per heavy atom. The van der Waals surface area contributed by atoms with Gasteiger partial charge in [0, 0.05) is 16.1 Å². The molecular formula is C23H16ClNO3S. The molecule has 3 aromatic carbocycles. The molecule has 144 valence electrons. The summed E-state index contributed by atoms with van der Waals surface area (Å²) in [5.41, 5.74) is 2.15. The van der Waals surface area contributed by atoms with Crippen molar-refractivity contribution in [3.63, 3.8) is 0 Å². The van der Waals surface area contributed by atoms with Crippen LogP contribution in [0.25, 0.3) is 6.08 Å². The molecule has 0 bridgehead atoms. The zero-order chi connectivity index (χ0) is 20.2. The van der Waals surface area contributed by atoms with Gasteiger partial charge < -0.3 is 4.74 Å². The molecule has 0 saturated carbocycles. The van der Waals surface area contributed by atoms with Gasteiger partial charge in [-0.15, -0.1) is 0 Å². The molecule has 0 N–H and O–H groups in total. The first kappa shape index (κ1) is 19.3. The molecule has 0 unspecified atom stereocenters. The van der Waals surface area contributed by atoms with E-state index in [9.17, 15) is 9.59 Å². The van der Waals surface area contributed by atoms with Gasteiger partial charge in [0.15, 0.2) is 0 Å². The van der Waals surface area contributed by atoms with Crippen LogP contribution in [0, 0.1) is 0 Å². The van der Waals surface area contributed by atoms with Gasteiger partial charge in [-0.25, -0.2) is 4.90 Å². The smallest absolute Gasteiger partial charge is 0.298 e. The molecule has 0 aliphatic carbocycles. The molecule has 1 saturated heterocycles. The van der Waals surface area contributed by atoms with E-state index < -0.39 is 0 Å². The van der Waals surface area contributed by atoms with Crippen molar-refractivity contribution in [3.8, 4) is 5.75 Å². The van der Waals surface area contributed by atoms with Crippen LogP contribution < -0.4 is 9.64 Å². The average molecular weight is 422 g/mol. The van der Waals surface area contributed by atoms with Crippen molar-refractivity contribution in [2.75, 3.05) is 4.90 Å². The van der Waals surface area contributed by atoms with Gasteiger partial charge in [0.25, 0.3) is 11.1 Å². The van der Waals surface area contributed by atoms with Crippen LogP contribution in [-0.2, 0) is 11.4 Å². The molecule has 0 radical (unpaired) electrons. The van der Waals surface area contributed by atoms with Crippen molar-refractivity contribution in [2.45, 2.75) is 6.61 Å². The molecule has 4 rings (SSSR count). The topological polar surface area (TPSA) is 46.6 Å². The molecule has 29 heavy (non-hydrogen) atoms. The second-order valence-electron chi connectivity index (χ2n) is 6.27. The molecule has 0 atom stereocenters. The molecule has 1 aliphatic rings. The number of nitrogens with zero attached hydrogens (tertiary/aromatic N) is 1. The largest absolute Gasteiger partial charge is 0.488 e. The highest BCUT2D eigenvalue weighted by Gasteiger charge is 2.36. The Morgan fingerprint density at radius 2 is 1.59 bits per heavy atom. The second kappa shape index (κ2) is 8.55. The lowest BCUT2D eigenvalue weighted by Crippen LogP contribution is -2.27. The first-order valence-corrected chi connectivity index (χ1v) is 10.1. The third-order valence-corrected chi connectivity index (χ3v) is 5.59. The van der Waals surface area contributed by atoms with E-state index in [2.05, 4.69) is 0 Å². The maximum atomic E-state index is 12.8. The monoisotopic (exact) mass is 421 g/mol. The first-order valence-electron chi connectivity index (χ1n) is 8.92. The van der Waals surface area contributed by atoms with Crippen molar-refractivity contribution in [1.29, 1.82) is 0 Å². The Morgan fingerprint density at radius 1 is 0.897 bits per heavy atom.